The summed E-state index contributed by atoms with van der Waals surface area (Å²) in [6.45, 7) is 3.84. The number of thioether (sulfide) groups is 1. The lowest BCUT2D eigenvalue weighted by Crippen LogP contribution is -2.43. The van der Waals surface area contributed by atoms with Crippen LogP contribution in [0.4, 0.5) is 0 Å². The minimum absolute atomic E-state index is 0.179. The quantitative estimate of drug-likeness (QED) is 0.646. The molecule has 0 radical (unpaired) electrons. The standard InChI is InChI=1S/C16H23NO4S/c1-3-12-7-5-6-8-14(12)21-11-15(18)17-13(16(19)20)9-10-22-4-2/h5-8,13H,3-4,9-11H2,1-2H3,(H,17,18)(H,19,20). The SMILES string of the molecule is CCSCCC(NC(=O)COc1ccccc1CC)C(=O)O. The van der Waals surface area contributed by atoms with Gasteiger partial charge in [-0.3, -0.25) is 4.79 Å². The lowest BCUT2D eigenvalue weighted by molar-refractivity contribution is -0.142. The van der Waals surface area contributed by atoms with Crippen molar-refractivity contribution in [1.82, 2.24) is 5.32 Å². The first-order chi connectivity index (χ1) is 10.6. The van der Waals surface area contributed by atoms with Crippen LogP contribution in [-0.2, 0) is 16.0 Å². The minimum Gasteiger partial charge on any atom is -0.483 e. The number of benzene rings is 1. The molecule has 1 atom stereocenters. The lowest BCUT2D eigenvalue weighted by Gasteiger charge is -2.15. The highest BCUT2D eigenvalue weighted by Crippen LogP contribution is 2.18. The van der Waals surface area contributed by atoms with Crippen LogP contribution in [-0.4, -0.2) is 41.1 Å². The van der Waals surface area contributed by atoms with Crippen LogP contribution in [0.5, 0.6) is 5.75 Å². The molecular weight excluding hydrogens is 302 g/mol. The maximum absolute atomic E-state index is 11.9. The number of nitrogens with one attached hydrogen (secondary N) is 1. The summed E-state index contributed by atoms with van der Waals surface area (Å²) in [7, 11) is 0. The van der Waals surface area contributed by atoms with E-state index >= 15 is 0 Å². The van der Waals surface area contributed by atoms with E-state index < -0.39 is 17.9 Å². The third kappa shape index (κ3) is 6.39. The van der Waals surface area contributed by atoms with Gasteiger partial charge in [-0.1, -0.05) is 32.0 Å². The van der Waals surface area contributed by atoms with Gasteiger partial charge in [0.05, 0.1) is 0 Å². The molecular formula is C16H23NO4S. The second-order valence-corrected chi connectivity index (χ2v) is 6.09. The number of carbonyl (C=O) groups excluding carboxylic acids is 1. The minimum atomic E-state index is -1.01. The summed E-state index contributed by atoms with van der Waals surface area (Å²) in [5.41, 5.74) is 1.02. The van der Waals surface area contributed by atoms with Crippen molar-refractivity contribution in [3.05, 3.63) is 29.8 Å². The number of aryl methyl sites for hydroxylation is 1. The molecule has 1 aromatic rings. The van der Waals surface area contributed by atoms with E-state index in [9.17, 15) is 9.59 Å². The smallest absolute Gasteiger partial charge is 0.326 e. The number of hydrogen-bond acceptors (Lipinski definition) is 4. The fourth-order valence-electron chi connectivity index (χ4n) is 1.92. The maximum Gasteiger partial charge on any atom is 0.326 e. The monoisotopic (exact) mass is 325 g/mol. The van der Waals surface area contributed by atoms with Gasteiger partial charge in [0, 0.05) is 0 Å². The van der Waals surface area contributed by atoms with Gasteiger partial charge in [-0.05, 0) is 36.0 Å². The van der Waals surface area contributed by atoms with Crippen molar-refractivity contribution in [1.29, 1.82) is 0 Å². The van der Waals surface area contributed by atoms with E-state index in [1.54, 1.807) is 17.8 Å². The molecule has 122 valence electrons. The maximum atomic E-state index is 11.9. The second kappa shape index (κ2) is 10.1. The molecule has 1 amide bonds. The van der Waals surface area contributed by atoms with E-state index in [1.165, 1.54) is 0 Å². The van der Waals surface area contributed by atoms with Crippen molar-refractivity contribution in [2.45, 2.75) is 32.7 Å². The van der Waals surface area contributed by atoms with E-state index in [-0.39, 0.29) is 6.61 Å². The van der Waals surface area contributed by atoms with Gasteiger partial charge < -0.3 is 15.2 Å². The summed E-state index contributed by atoms with van der Waals surface area (Å²) in [6.07, 6.45) is 1.22. The number of carboxylic acids is 1. The number of aliphatic carboxylic acids is 1. The van der Waals surface area contributed by atoms with Gasteiger partial charge in [-0.25, -0.2) is 4.79 Å². The van der Waals surface area contributed by atoms with Crippen molar-refractivity contribution in [3.8, 4) is 5.75 Å². The molecule has 0 heterocycles. The topological polar surface area (TPSA) is 75.6 Å². The van der Waals surface area contributed by atoms with E-state index in [1.807, 2.05) is 32.0 Å². The molecule has 0 aromatic heterocycles. The van der Waals surface area contributed by atoms with Gasteiger partial charge in [-0.2, -0.15) is 11.8 Å². The number of ether oxygens (including phenoxy) is 1. The molecule has 5 nitrogen and oxygen atoms in total. The highest BCUT2D eigenvalue weighted by Gasteiger charge is 2.19. The third-order valence-corrected chi connectivity index (χ3v) is 4.03. The largest absolute Gasteiger partial charge is 0.483 e. The van der Waals surface area contributed by atoms with Crippen molar-refractivity contribution in [3.63, 3.8) is 0 Å². The van der Waals surface area contributed by atoms with Crippen LogP contribution in [0.2, 0.25) is 0 Å². The van der Waals surface area contributed by atoms with Crippen LogP contribution in [0.25, 0.3) is 0 Å². The van der Waals surface area contributed by atoms with E-state index in [4.69, 9.17) is 9.84 Å². The van der Waals surface area contributed by atoms with Gasteiger partial charge in [0.15, 0.2) is 6.61 Å². The highest BCUT2D eigenvalue weighted by molar-refractivity contribution is 7.99. The molecule has 0 bridgehead atoms. The van der Waals surface area contributed by atoms with Gasteiger partial charge in [0.2, 0.25) is 0 Å². The van der Waals surface area contributed by atoms with Gasteiger partial charge in [0.25, 0.3) is 5.91 Å². The zero-order valence-corrected chi connectivity index (χ0v) is 13.8. The molecule has 0 spiro atoms. The molecule has 22 heavy (non-hydrogen) atoms. The Bertz CT molecular complexity index is 493. The van der Waals surface area contributed by atoms with Gasteiger partial charge in [-0.15, -0.1) is 0 Å². The summed E-state index contributed by atoms with van der Waals surface area (Å²) in [4.78, 5) is 23.0. The molecule has 0 saturated carbocycles. The summed E-state index contributed by atoms with van der Waals surface area (Å²) < 4.78 is 5.49. The molecule has 0 saturated heterocycles. The van der Waals surface area contributed by atoms with E-state index in [0.29, 0.717) is 17.9 Å². The Labute approximate surface area is 135 Å². The Balaban J connectivity index is 2.48. The summed E-state index contributed by atoms with van der Waals surface area (Å²) in [5.74, 6) is 0.858. The molecule has 2 N–H and O–H groups in total. The number of para-hydroxylation sites is 1. The zero-order chi connectivity index (χ0) is 16.4. The Hall–Kier alpha value is -1.69. The number of hydrogen-bond donors (Lipinski definition) is 2. The number of amides is 1. The van der Waals surface area contributed by atoms with Gasteiger partial charge in [0.1, 0.15) is 11.8 Å². The predicted molar refractivity (Wildman–Crippen MR) is 88.5 cm³/mol. The first kappa shape index (κ1) is 18.4. The highest BCUT2D eigenvalue weighted by atomic mass is 32.2. The Morgan fingerprint density at radius 3 is 2.68 bits per heavy atom. The van der Waals surface area contributed by atoms with Crippen LogP contribution < -0.4 is 10.1 Å². The summed E-state index contributed by atoms with van der Waals surface area (Å²) in [6, 6.07) is 6.64. The molecule has 0 aliphatic heterocycles. The molecule has 1 unspecified atom stereocenters. The molecule has 0 aliphatic carbocycles. The predicted octanol–water partition coefficient (Wildman–Crippen LogP) is 2.34. The Morgan fingerprint density at radius 2 is 2.05 bits per heavy atom. The molecule has 1 aromatic carbocycles. The first-order valence-electron chi connectivity index (χ1n) is 7.39. The van der Waals surface area contributed by atoms with E-state index in [2.05, 4.69) is 5.32 Å². The fraction of sp³-hybridized carbons (Fsp3) is 0.500. The van der Waals surface area contributed by atoms with Crippen molar-refractivity contribution >= 4 is 23.6 Å². The number of rotatable bonds is 10. The van der Waals surface area contributed by atoms with Crippen LogP contribution in [0.15, 0.2) is 24.3 Å². The van der Waals surface area contributed by atoms with Crippen LogP contribution in [0.3, 0.4) is 0 Å². The summed E-state index contributed by atoms with van der Waals surface area (Å²) >= 11 is 1.65. The van der Waals surface area contributed by atoms with Crippen molar-refractivity contribution in [2.24, 2.45) is 0 Å². The average molecular weight is 325 g/mol. The van der Waals surface area contributed by atoms with Gasteiger partial charge >= 0.3 is 5.97 Å². The molecule has 0 fully saturated rings. The molecule has 6 heteroatoms. The van der Waals surface area contributed by atoms with Crippen molar-refractivity contribution in [2.75, 3.05) is 18.1 Å². The van der Waals surface area contributed by atoms with Crippen LogP contribution >= 0.6 is 11.8 Å². The van der Waals surface area contributed by atoms with E-state index in [0.717, 1.165) is 17.7 Å². The van der Waals surface area contributed by atoms with Crippen molar-refractivity contribution < 1.29 is 19.4 Å². The fourth-order valence-corrected chi connectivity index (χ4v) is 2.61. The van der Waals surface area contributed by atoms with Crippen LogP contribution in [0, 0.1) is 0 Å². The second-order valence-electron chi connectivity index (χ2n) is 4.69. The third-order valence-electron chi connectivity index (χ3n) is 3.10. The van der Waals surface area contributed by atoms with Crippen LogP contribution in [0.1, 0.15) is 25.8 Å². The first-order valence-corrected chi connectivity index (χ1v) is 8.54. The molecule has 1 rings (SSSR count). The number of carbonyl (C=O) groups is 2. The number of carboxylic acid groups (broad SMARTS) is 1. The summed E-state index contributed by atoms with van der Waals surface area (Å²) in [5, 5.41) is 11.6. The normalized spacial score (nSPS) is 11.7. The zero-order valence-electron chi connectivity index (χ0n) is 13.0. The Morgan fingerprint density at radius 1 is 1.32 bits per heavy atom. The average Bonchev–Trinajstić information content (AvgIpc) is 2.52. The lowest BCUT2D eigenvalue weighted by atomic mass is 10.1. The Kier molecular flexibility index (Phi) is 8.43. The molecule has 0 aliphatic rings.